The fourth-order valence-corrected chi connectivity index (χ4v) is 1.11. The van der Waals surface area contributed by atoms with Gasteiger partial charge in [-0.1, -0.05) is 0 Å². The van der Waals surface area contributed by atoms with Crippen molar-refractivity contribution in [2.24, 2.45) is 0 Å². The SMILES string of the molecule is CCNc1cc(OC(C)(C)C)ccn1. The van der Waals surface area contributed by atoms with E-state index in [1.165, 1.54) is 0 Å². The molecule has 1 heterocycles. The summed E-state index contributed by atoms with van der Waals surface area (Å²) in [5.41, 5.74) is -0.162. The molecule has 3 nitrogen and oxygen atoms in total. The van der Waals surface area contributed by atoms with Crippen LogP contribution in [0.1, 0.15) is 27.7 Å². The van der Waals surface area contributed by atoms with E-state index in [2.05, 4.69) is 10.3 Å². The second-order valence-corrected chi connectivity index (χ2v) is 4.12. The van der Waals surface area contributed by atoms with Crippen LogP contribution in [0.4, 0.5) is 5.82 Å². The van der Waals surface area contributed by atoms with Gasteiger partial charge in [-0.3, -0.25) is 0 Å². The summed E-state index contributed by atoms with van der Waals surface area (Å²) in [5, 5.41) is 3.14. The van der Waals surface area contributed by atoms with Crippen molar-refractivity contribution in [2.45, 2.75) is 33.3 Å². The maximum atomic E-state index is 5.71. The van der Waals surface area contributed by atoms with Crippen molar-refractivity contribution in [2.75, 3.05) is 11.9 Å². The zero-order valence-electron chi connectivity index (χ0n) is 9.29. The van der Waals surface area contributed by atoms with Crippen LogP contribution >= 0.6 is 0 Å². The highest BCUT2D eigenvalue weighted by Crippen LogP contribution is 2.19. The number of anilines is 1. The topological polar surface area (TPSA) is 34.1 Å². The van der Waals surface area contributed by atoms with Crippen LogP contribution in [0.5, 0.6) is 5.75 Å². The zero-order valence-corrected chi connectivity index (χ0v) is 9.29. The molecule has 0 unspecified atom stereocenters. The molecule has 3 heteroatoms. The minimum absolute atomic E-state index is 0.162. The van der Waals surface area contributed by atoms with Crippen LogP contribution in [0.2, 0.25) is 0 Å². The largest absolute Gasteiger partial charge is 0.488 e. The number of nitrogens with one attached hydrogen (secondary N) is 1. The molecule has 1 aromatic heterocycles. The molecule has 1 N–H and O–H groups in total. The van der Waals surface area contributed by atoms with Crippen molar-refractivity contribution < 1.29 is 4.74 Å². The Kier molecular flexibility index (Phi) is 3.33. The lowest BCUT2D eigenvalue weighted by atomic mass is 10.2. The maximum absolute atomic E-state index is 5.71. The molecule has 0 aromatic carbocycles. The molecule has 1 aromatic rings. The van der Waals surface area contributed by atoms with Gasteiger partial charge in [0.25, 0.3) is 0 Å². The van der Waals surface area contributed by atoms with Crippen LogP contribution in [-0.2, 0) is 0 Å². The van der Waals surface area contributed by atoms with Gasteiger partial charge in [0.1, 0.15) is 17.2 Å². The van der Waals surface area contributed by atoms with Crippen LogP contribution in [0.25, 0.3) is 0 Å². The Balaban J connectivity index is 2.73. The van der Waals surface area contributed by atoms with Gasteiger partial charge in [0.2, 0.25) is 0 Å². The molecule has 0 radical (unpaired) electrons. The first-order valence-corrected chi connectivity index (χ1v) is 4.90. The fourth-order valence-electron chi connectivity index (χ4n) is 1.11. The smallest absolute Gasteiger partial charge is 0.129 e. The molecule has 0 saturated heterocycles. The molecular formula is C11H18N2O. The Morgan fingerprint density at radius 3 is 2.71 bits per heavy atom. The van der Waals surface area contributed by atoms with Gasteiger partial charge in [-0.15, -0.1) is 0 Å². The maximum Gasteiger partial charge on any atom is 0.129 e. The van der Waals surface area contributed by atoms with Gasteiger partial charge in [-0.2, -0.15) is 0 Å². The molecule has 0 bridgehead atoms. The van der Waals surface area contributed by atoms with E-state index in [-0.39, 0.29) is 5.60 Å². The van der Waals surface area contributed by atoms with Crippen molar-refractivity contribution in [3.63, 3.8) is 0 Å². The van der Waals surface area contributed by atoms with E-state index < -0.39 is 0 Å². The summed E-state index contributed by atoms with van der Waals surface area (Å²) >= 11 is 0. The van der Waals surface area contributed by atoms with Crippen molar-refractivity contribution in [1.82, 2.24) is 4.98 Å². The van der Waals surface area contributed by atoms with Gasteiger partial charge < -0.3 is 10.1 Å². The predicted octanol–water partition coefficient (Wildman–Crippen LogP) is 2.69. The first-order valence-electron chi connectivity index (χ1n) is 4.90. The highest BCUT2D eigenvalue weighted by Gasteiger charge is 2.11. The van der Waals surface area contributed by atoms with Crippen molar-refractivity contribution >= 4 is 5.82 Å². The van der Waals surface area contributed by atoms with Crippen molar-refractivity contribution in [3.8, 4) is 5.75 Å². The minimum atomic E-state index is -0.162. The fraction of sp³-hybridized carbons (Fsp3) is 0.545. The summed E-state index contributed by atoms with van der Waals surface area (Å²) in [6.07, 6.45) is 1.75. The second kappa shape index (κ2) is 4.31. The molecule has 0 aliphatic heterocycles. The molecule has 78 valence electrons. The lowest BCUT2D eigenvalue weighted by molar-refractivity contribution is 0.131. The van der Waals surface area contributed by atoms with Crippen LogP contribution in [0.15, 0.2) is 18.3 Å². The highest BCUT2D eigenvalue weighted by molar-refractivity contribution is 5.40. The Bertz CT molecular complexity index is 292. The van der Waals surface area contributed by atoms with Crippen LogP contribution in [-0.4, -0.2) is 17.1 Å². The number of rotatable bonds is 3. The normalized spacial score (nSPS) is 11.1. The van der Waals surface area contributed by atoms with E-state index in [9.17, 15) is 0 Å². The standard InChI is InChI=1S/C11H18N2O/c1-5-12-10-8-9(6-7-13-10)14-11(2,3)4/h6-8H,5H2,1-4H3,(H,12,13). The Labute approximate surface area is 85.5 Å². The third-order valence-electron chi connectivity index (χ3n) is 1.51. The van der Waals surface area contributed by atoms with E-state index in [1.54, 1.807) is 6.20 Å². The predicted molar refractivity (Wildman–Crippen MR) is 58.8 cm³/mol. The number of pyridine rings is 1. The van der Waals surface area contributed by atoms with E-state index in [0.717, 1.165) is 18.1 Å². The Morgan fingerprint density at radius 1 is 1.43 bits per heavy atom. The molecule has 0 fully saturated rings. The molecule has 0 amide bonds. The van der Waals surface area contributed by atoms with E-state index in [4.69, 9.17) is 4.74 Å². The summed E-state index contributed by atoms with van der Waals surface area (Å²) in [5.74, 6) is 1.71. The minimum Gasteiger partial charge on any atom is -0.488 e. The first-order chi connectivity index (χ1) is 6.51. The summed E-state index contributed by atoms with van der Waals surface area (Å²) in [6, 6.07) is 3.78. The average Bonchev–Trinajstić information content (AvgIpc) is 2.02. The van der Waals surface area contributed by atoms with Crippen LogP contribution < -0.4 is 10.1 Å². The van der Waals surface area contributed by atoms with Gasteiger partial charge in [-0.25, -0.2) is 4.98 Å². The second-order valence-electron chi connectivity index (χ2n) is 4.12. The molecular weight excluding hydrogens is 176 g/mol. The number of nitrogens with zero attached hydrogens (tertiary/aromatic N) is 1. The Hall–Kier alpha value is -1.25. The monoisotopic (exact) mass is 194 g/mol. The molecule has 0 aliphatic rings. The average molecular weight is 194 g/mol. The lowest BCUT2D eigenvalue weighted by Gasteiger charge is -2.21. The number of hydrogen-bond donors (Lipinski definition) is 1. The van der Waals surface area contributed by atoms with Gasteiger partial charge in [-0.05, 0) is 33.8 Å². The number of ether oxygens (including phenoxy) is 1. The summed E-state index contributed by atoms with van der Waals surface area (Å²) < 4.78 is 5.71. The molecule has 0 saturated carbocycles. The number of aromatic nitrogens is 1. The zero-order chi connectivity index (χ0) is 10.6. The first kappa shape index (κ1) is 10.8. The molecule has 0 atom stereocenters. The molecule has 0 aliphatic carbocycles. The van der Waals surface area contributed by atoms with E-state index in [0.29, 0.717) is 0 Å². The van der Waals surface area contributed by atoms with E-state index in [1.807, 2.05) is 39.8 Å². The summed E-state index contributed by atoms with van der Waals surface area (Å²) in [6.45, 7) is 8.99. The quantitative estimate of drug-likeness (QED) is 0.803. The van der Waals surface area contributed by atoms with Crippen molar-refractivity contribution in [3.05, 3.63) is 18.3 Å². The third kappa shape index (κ3) is 3.64. The lowest BCUT2D eigenvalue weighted by Crippen LogP contribution is -2.23. The van der Waals surface area contributed by atoms with Crippen LogP contribution in [0, 0.1) is 0 Å². The third-order valence-corrected chi connectivity index (χ3v) is 1.51. The van der Waals surface area contributed by atoms with E-state index >= 15 is 0 Å². The molecule has 0 spiro atoms. The Morgan fingerprint density at radius 2 is 2.14 bits per heavy atom. The van der Waals surface area contributed by atoms with Crippen LogP contribution in [0.3, 0.4) is 0 Å². The van der Waals surface area contributed by atoms with Crippen molar-refractivity contribution in [1.29, 1.82) is 0 Å². The number of hydrogen-bond acceptors (Lipinski definition) is 3. The summed E-state index contributed by atoms with van der Waals surface area (Å²) in [7, 11) is 0. The van der Waals surface area contributed by atoms with Gasteiger partial charge in [0.05, 0.1) is 0 Å². The molecule has 1 rings (SSSR count). The summed E-state index contributed by atoms with van der Waals surface area (Å²) in [4.78, 5) is 4.17. The molecule has 14 heavy (non-hydrogen) atoms. The van der Waals surface area contributed by atoms with Gasteiger partial charge in [0.15, 0.2) is 0 Å². The van der Waals surface area contributed by atoms with Gasteiger partial charge >= 0.3 is 0 Å². The van der Waals surface area contributed by atoms with Gasteiger partial charge in [0, 0.05) is 18.8 Å². The highest BCUT2D eigenvalue weighted by atomic mass is 16.5.